The van der Waals surface area contributed by atoms with Gasteiger partial charge in [0.1, 0.15) is 6.07 Å². The summed E-state index contributed by atoms with van der Waals surface area (Å²) in [7, 11) is 0. The van der Waals surface area contributed by atoms with Crippen molar-refractivity contribution in [2.45, 2.75) is 32.7 Å². The van der Waals surface area contributed by atoms with Crippen LogP contribution in [0.5, 0.6) is 0 Å². The number of esters is 1. The molecule has 1 aliphatic carbocycles. The van der Waals surface area contributed by atoms with Crippen molar-refractivity contribution in [2.24, 2.45) is 0 Å². The SMILES string of the molecule is Cc1cc(/C=C/C(=O)OCC(=O)Nc2ccc(C#N)c(Cl)c2)c(C)n1C1CC1. The van der Waals surface area contributed by atoms with E-state index in [0.29, 0.717) is 17.3 Å². The first-order valence-corrected chi connectivity index (χ1v) is 9.29. The minimum Gasteiger partial charge on any atom is -0.452 e. The van der Waals surface area contributed by atoms with Gasteiger partial charge in [-0.05, 0) is 62.6 Å². The summed E-state index contributed by atoms with van der Waals surface area (Å²) < 4.78 is 7.27. The Kier molecular flexibility index (Phi) is 5.86. The Morgan fingerprint density at radius 3 is 2.75 bits per heavy atom. The number of hydrogen-bond acceptors (Lipinski definition) is 4. The molecule has 1 aromatic heterocycles. The molecule has 0 spiro atoms. The van der Waals surface area contributed by atoms with Gasteiger partial charge in [-0.25, -0.2) is 4.79 Å². The average Bonchev–Trinajstić information content (AvgIpc) is 3.44. The third-order valence-electron chi connectivity index (χ3n) is 4.55. The number of carbonyl (C=O) groups is 2. The van der Waals surface area contributed by atoms with Crippen LogP contribution in [-0.2, 0) is 14.3 Å². The fraction of sp³-hybridized carbons (Fsp3) is 0.286. The zero-order valence-electron chi connectivity index (χ0n) is 15.7. The molecule has 7 heteroatoms. The van der Waals surface area contributed by atoms with Crippen LogP contribution in [-0.4, -0.2) is 23.1 Å². The Hall–Kier alpha value is -3.04. The molecular weight excluding hydrogens is 378 g/mol. The molecule has 0 bridgehead atoms. The van der Waals surface area contributed by atoms with E-state index in [1.54, 1.807) is 12.1 Å². The molecule has 0 atom stereocenters. The molecule has 0 unspecified atom stereocenters. The number of nitrogens with one attached hydrogen (secondary N) is 1. The predicted octanol–water partition coefficient (Wildman–Crippen LogP) is 4.16. The van der Waals surface area contributed by atoms with E-state index in [4.69, 9.17) is 21.6 Å². The van der Waals surface area contributed by atoms with E-state index in [1.807, 2.05) is 19.1 Å². The van der Waals surface area contributed by atoms with E-state index >= 15 is 0 Å². The Balaban J connectivity index is 1.52. The van der Waals surface area contributed by atoms with Gasteiger partial charge in [0.15, 0.2) is 6.61 Å². The zero-order valence-corrected chi connectivity index (χ0v) is 16.4. The van der Waals surface area contributed by atoms with Gasteiger partial charge in [0.25, 0.3) is 5.91 Å². The maximum absolute atomic E-state index is 11.9. The van der Waals surface area contributed by atoms with E-state index in [-0.39, 0.29) is 5.02 Å². The molecule has 1 heterocycles. The van der Waals surface area contributed by atoms with Crippen molar-refractivity contribution >= 4 is 35.2 Å². The second-order valence-corrected chi connectivity index (χ2v) is 7.13. The van der Waals surface area contributed by atoms with Crippen LogP contribution in [0.15, 0.2) is 30.3 Å². The minimum absolute atomic E-state index is 0.240. The Bertz CT molecular complexity index is 997. The standard InChI is InChI=1S/C21H20ClN3O3/c1-13-9-15(14(2)25(13)18-6-7-18)4-8-21(27)28-12-20(26)24-17-5-3-16(11-23)19(22)10-17/h3-5,8-10,18H,6-7,12H2,1-2H3,(H,24,26)/b8-4+. The summed E-state index contributed by atoms with van der Waals surface area (Å²) in [6.07, 6.45) is 5.43. The van der Waals surface area contributed by atoms with Crippen molar-refractivity contribution in [1.82, 2.24) is 4.57 Å². The van der Waals surface area contributed by atoms with Gasteiger partial charge in [0.05, 0.1) is 10.6 Å². The van der Waals surface area contributed by atoms with Crippen molar-refractivity contribution in [3.8, 4) is 6.07 Å². The molecule has 1 aliphatic rings. The second kappa shape index (κ2) is 8.32. The highest BCUT2D eigenvalue weighted by molar-refractivity contribution is 6.32. The number of halogens is 1. The number of carbonyl (C=O) groups excluding carboxylic acids is 2. The van der Waals surface area contributed by atoms with Crippen molar-refractivity contribution in [3.05, 3.63) is 57.9 Å². The molecule has 3 rings (SSSR count). The van der Waals surface area contributed by atoms with E-state index in [0.717, 1.165) is 11.3 Å². The highest BCUT2D eigenvalue weighted by Crippen LogP contribution is 2.38. The number of ether oxygens (including phenoxy) is 1. The van der Waals surface area contributed by atoms with Crippen LogP contribution in [0.2, 0.25) is 5.02 Å². The fourth-order valence-corrected chi connectivity index (χ4v) is 3.31. The summed E-state index contributed by atoms with van der Waals surface area (Å²) >= 11 is 5.92. The highest BCUT2D eigenvalue weighted by atomic mass is 35.5. The van der Waals surface area contributed by atoms with E-state index in [2.05, 4.69) is 16.8 Å². The van der Waals surface area contributed by atoms with Gasteiger partial charge in [0, 0.05) is 29.2 Å². The first kappa shape index (κ1) is 19.7. The van der Waals surface area contributed by atoms with Gasteiger partial charge in [0.2, 0.25) is 0 Å². The zero-order chi connectivity index (χ0) is 20.3. The van der Waals surface area contributed by atoms with Crippen molar-refractivity contribution in [2.75, 3.05) is 11.9 Å². The highest BCUT2D eigenvalue weighted by Gasteiger charge is 2.26. The number of rotatable bonds is 6. The number of benzene rings is 1. The Morgan fingerprint density at radius 1 is 1.36 bits per heavy atom. The molecule has 1 amide bonds. The van der Waals surface area contributed by atoms with Gasteiger partial charge in [-0.2, -0.15) is 5.26 Å². The van der Waals surface area contributed by atoms with Crippen LogP contribution in [0.4, 0.5) is 5.69 Å². The molecule has 2 aromatic rings. The number of amides is 1. The number of nitriles is 1. The number of hydrogen-bond donors (Lipinski definition) is 1. The van der Waals surface area contributed by atoms with Crippen molar-refractivity contribution < 1.29 is 14.3 Å². The first-order chi connectivity index (χ1) is 13.4. The van der Waals surface area contributed by atoms with Crippen LogP contribution in [0, 0.1) is 25.2 Å². The summed E-state index contributed by atoms with van der Waals surface area (Å²) in [5.74, 6) is -1.08. The largest absolute Gasteiger partial charge is 0.452 e. The molecular formula is C21H20ClN3O3. The number of aromatic nitrogens is 1. The molecule has 1 N–H and O–H groups in total. The van der Waals surface area contributed by atoms with Crippen molar-refractivity contribution in [1.29, 1.82) is 5.26 Å². The fourth-order valence-electron chi connectivity index (χ4n) is 3.09. The number of nitrogens with zero attached hydrogens (tertiary/aromatic N) is 2. The third-order valence-corrected chi connectivity index (χ3v) is 4.87. The molecule has 0 radical (unpaired) electrons. The van der Waals surface area contributed by atoms with Crippen molar-refractivity contribution in [3.63, 3.8) is 0 Å². The first-order valence-electron chi connectivity index (χ1n) is 8.92. The lowest BCUT2D eigenvalue weighted by Crippen LogP contribution is -2.20. The van der Waals surface area contributed by atoms with Crippen LogP contribution < -0.4 is 5.32 Å². The predicted molar refractivity (Wildman–Crippen MR) is 107 cm³/mol. The maximum Gasteiger partial charge on any atom is 0.331 e. The average molecular weight is 398 g/mol. The third kappa shape index (κ3) is 4.62. The van der Waals surface area contributed by atoms with Gasteiger partial charge in [-0.3, -0.25) is 4.79 Å². The van der Waals surface area contributed by atoms with Gasteiger partial charge in [-0.15, -0.1) is 0 Å². The monoisotopic (exact) mass is 397 g/mol. The van der Waals surface area contributed by atoms with E-state index < -0.39 is 18.5 Å². The van der Waals surface area contributed by atoms with Crippen LogP contribution >= 0.6 is 11.6 Å². The molecule has 0 saturated heterocycles. The van der Waals surface area contributed by atoms with E-state index in [9.17, 15) is 9.59 Å². The van der Waals surface area contributed by atoms with Crippen LogP contribution in [0.3, 0.4) is 0 Å². The molecule has 1 saturated carbocycles. The topological polar surface area (TPSA) is 84.1 Å². The second-order valence-electron chi connectivity index (χ2n) is 6.72. The van der Waals surface area contributed by atoms with Gasteiger partial charge >= 0.3 is 5.97 Å². The normalized spacial score (nSPS) is 13.4. The smallest absolute Gasteiger partial charge is 0.331 e. The lowest BCUT2D eigenvalue weighted by atomic mass is 10.2. The molecule has 6 nitrogen and oxygen atoms in total. The summed E-state index contributed by atoms with van der Waals surface area (Å²) in [4.78, 5) is 23.8. The molecule has 28 heavy (non-hydrogen) atoms. The molecule has 1 fully saturated rings. The summed E-state index contributed by atoms with van der Waals surface area (Å²) in [5, 5.41) is 11.7. The quantitative estimate of drug-likeness (QED) is 0.586. The molecule has 144 valence electrons. The van der Waals surface area contributed by atoms with Gasteiger partial charge in [-0.1, -0.05) is 11.6 Å². The Labute approximate surface area is 168 Å². The number of anilines is 1. The lowest BCUT2D eigenvalue weighted by molar-refractivity contribution is -0.142. The van der Waals surface area contributed by atoms with Crippen LogP contribution in [0.25, 0.3) is 6.08 Å². The van der Waals surface area contributed by atoms with Crippen LogP contribution in [0.1, 0.15) is 41.4 Å². The summed E-state index contributed by atoms with van der Waals surface area (Å²) in [6.45, 7) is 3.68. The molecule has 0 aliphatic heterocycles. The minimum atomic E-state index is -0.593. The Morgan fingerprint density at radius 2 is 2.11 bits per heavy atom. The maximum atomic E-state index is 11.9. The van der Waals surface area contributed by atoms with Gasteiger partial charge < -0.3 is 14.6 Å². The number of aryl methyl sites for hydroxylation is 1. The van der Waals surface area contributed by atoms with E-state index in [1.165, 1.54) is 36.7 Å². The lowest BCUT2D eigenvalue weighted by Gasteiger charge is -2.07. The molecule has 1 aromatic carbocycles. The summed E-state index contributed by atoms with van der Waals surface area (Å²) in [6, 6.07) is 9.08. The summed E-state index contributed by atoms with van der Waals surface area (Å²) in [5.41, 5.74) is 4.01.